The second-order valence-electron chi connectivity index (χ2n) is 4.41. The van der Waals surface area contributed by atoms with Crippen LogP contribution in [-0.2, 0) is 0 Å². The van der Waals surface area contributed by atoms with Crippen LogP contribution in [0.25, 0.3) is 0 Å². The lowest BCUT2D eigenvalue weighted by molar-refractivity contribution is 0.297. The topological polar surface area (TPSA) is 30.5 Å². The minimum atomic E-state index is 0.553. The van der Waals surface area contributed by atoms with Crippen molar-refractivity contribution >= 4 is 11.8 Å². The van der Waals surface area contributed by atoms with Gasteiger partial charge in [0.1, 0.15) is 0 Å². The van der Waals surface area contributed by atoms with Crippen molar-refractivity contribution in [2.24, 2.45) is 0 Å². The molecule has 0 aliphatic carbocycles. The quantitative estimate of drug-likeness (QED) is 0.873. The summed E-state index contributed by atoms with van der Waals surface area (Å²) in [6.07, 6.45) is 0.960. The third-order valence-corrected chi connectivity index (χ3v) is 4.80. The summed E-state index contributed by atoms with van der Waals surface area (Å²) in [5.41, 5.74) is 1.34. The van der Waals surface area contributed by atoms with E-state index in [2.05, 4.69) is 17.4 Å². The Bertz CT molecular complexity index is 408. The molecule has 4 heteroatoms. The van der Waals surface area contributed by atoms with Crippen LogP contribution >= 0.6 is 11.8 Å². The van der Waals surface area contributed by atoms with Gasteiger partial charge in [0.15, 0.2) is 11.5 Å². The van der Waals surface area contributed by atoms with Crippen LogP contribution in [0.2, 0.25) is 0 Å². The highest BCUT2D eigenvalue weighted by Gasteiger charge is 2.32. The number of ether oxygens (including phenoxy) is 2. The molecule has 1 fully saturated rings. The Hall–Kier alpha value is -0.870. The standard InChI is InChI=1S/C13H17NO2S/c1-14-10-8-17-13(10)9-3-4-11-12(7-9)16-6-2-5-15-11/h3-4,7,10,13-14H,2,5-6,8H2,1H3. The third kappa shape index (κ3) is 2.11. The van der Waals surface area contributed by atoms with Crippen LogP contribution in [-0.4, -0.2) is 32.1 Å². The molecule has 3 nitrogen and oxygen atoms in total. The van der Waals surface area contributed by atoms with E-state index in [1.165, 1.54) is 11.3 Å². The summed E-state index contributed by atoms with van der Waals surface area (Å²) in [5, 5.41) is 3.90. The molecule has 0 bridgehead atoms. The monoisotopic (exact) mass is 251 g/mol. The molecule has 2 unspecified atom stereocenters. The van der Waals surface area contributed by atoms with Crippen LogP contribution < -0.4 is 14.8 Å². The van der Waals surface area contributed by atoms with E-state index in [9.17, 15) is 0 Å². The lowest BCUT2D eigenvalue weighted by Crippen LogP contribution is -2.40. The number of hydrogen-bond acceptors (Lipinski definition) is 4. The van der Waals surface area contributed by atoms with Gasteiger partial charge in [-0.15, -0.1) is 0 Å². The van der Waals surface area contributed by atoms with Gasteiger partial charge in [-0.1, -0.05) is 6.07 Å². The van der Waals surface area contributed by atoms with Crippen molar-refractivity contribution in [3.05, 3.63) is 23.8 Å². The van der Waals surface area contributed by atoms with E-state index >= 15 is 0 Å². The molecule has 1 N–H and O–H groups in total. The average Bonchev–Trinajstić information content (AvgIpc) is 2.53. The number of hydrogen-bond donors (Lipinski definition) is 1. The molecule has 0 radical (unpaired) electrons. The lowest BCUT2D eigenvalue weighted by Gasteiger charge is -2.36. The van der Waals surface area contributed by atoms with Gasteiger partial charge >= 0.3 is 0 Å². The molecule has 17 heavy (non-hydrogen) atoms. The molecule has 2 heterocycles. The van der Waals surface area contributed by atoms with Crippen molar-refractivity contribution in [1.82, 2.24) is 5.32 Å². The van der Waals surface area contributed by atoms with E-state index in [4.69, 9.17) is 9.47 Å². The maximum Gasteiger partial charge on any atom is 0.161 e. The second-order valence-corrected chi connectivity index (χ2v) is 5.58. The minimum Gasteiger partial charge on any atom is -0.490 e. The summed E-state index contributed by atoms with van der Waals surface area (Å²) in [4.78, 5) is 0. The van der Waals surface area contributed by atoms with Crippen LogP contribution in [0.4, 0.5) is 0 Å². The number of likely N-dealkylation sites (N-methyl/N-ethyl adjacent to an activating group) is 1. The largest absolute Gasteiger partial charge is 0.490 e. The van der Waals surface area contributed by atoms with E-state index in [-0.39, 0.29) is 0 Å². The molecule has 0 amide bonds. The van der Waals surface area contributed by atoms with Crippen molar-refractivity contribution < 1.29 is 9.47 Å². The van der Waals surface area contributed by atoms with E-state index in [1.54, 1.807) is 0 Å². The van der Waals surface area contributed by atoms with Crippen molar-refractivity contribution in [2.75, 3.05) is 26.0 Å². The highest BCUT2D eigenvalue weighted by molar-refractivity contribution is 8.01. The van der Waals surface area contributed by atoms with Crippen molar-refractivity contribution in [1.29, 1.82) is 0 Å². The van der Waals surface area contributed by atoms with Crippen LogP contribution in [0.1, 0.15) is 17.2 Å². The maximum atomic E-state index is 5.72. The average molecular weight is 251 g/mol. The van der Waals surface area contributed by atoms with Gasteiger partial charge in [-0.2, -0.15) is 11.8 Å². The molecule has 0 saturated carbocycles. The SMILES string of the molecule is CNC1CSC1c1ccc2c(c1)OCCCO2. The van der Waals surface area contributed by atoms with Crippen molar-refractivity contribution in [3.63, 3.8) is 0 Å². The summed E-state index contributed by atoms with van der Waals surface area (Å²) in [6, 6.07) is 6.93. The maximum absolute atomic E-state index is 5.72. The molecular weight excluding hydrogens is 234 g/mol. The van der Waals surface area contributed by atoms with Crippen LogP contribution in [0.15, 0.2) is 18.2 Å². The Balaban J connectivity index is 1.84. The zero-order valence-corrected chi connectivity index (χ0v) is 10.8. The summed E-state index contributed by atoms with van der Waals surface area (Å²) in [5.74, 6) is 2.98. The van der Waals surface area contributed by atoms with E-state index in [1.807, 2.05) is 24.9 Å². The second kappa shape index (κ2) is 4.78. The zero-order chi connectivity index (χ0) is 11.7. The predicted octanol–water partition coefficient (Wildman–Crippen LogP) is 2.22. The predicted molar refractivity (Wildman–Crippen MR) is 70.1 cm³/mol. The summed E-state index contributed by atoms with van der Waals surface area (Å²) < 4.78 is 11.4. The van der Waals surface area contributed by atoms with E-state index in [0.29, 0.717) is 11.3 Å². The molecule has 3 rings (SSSR count). The van der Waals surface area contributed by atoms with Gasteiger partial charge in [0.2, 0.25) is 0 Å². The Kier molecular flexibility index (Phi) is 3.16. The molecule has 1 saturated heterocycles. The van der Waals surface area contributed by atoms with Gasteiger partial charge in [-0.05, 0) is 24.7 Å². The highest BCUT2D eigenvalue weighted by Crippen LogP contribution is 2.44. The summed E-state index contributed by atoms with van der Waals surface area (Å²) in [6.45, 7) is 1.51. The third-order valence-electron chi connectivity index (χ3n) is 3.29. The number of nitrogens with one attached hydrogen (secondary N) is 1. The molecule has 2 atom stereocenters. The Morgan fingerprint density at radius 2 is 2.06 bits per heavy atom. The van der Waals surface area contributed by atoms with Gasteiger partial charge < -0.3 is 14.8 Å². The molecule has 1 aromatic rings. The molecular formula is C13H17NO2S. The van der Waals surface area contributed by atoms with Crippen molar-refractivity contribution in [3.8, 4) is 11.5 Å². The fourth-order valence-corrected chi connectivity index (χ4v) is 3.43. The van der Waals surface area contributed by atoms with Gasteiger partial charge in [-0.3, -0.25) is 0 Å². The van der Waals surface area contributed by atoms with Gasteiger partial charge in [0, 0.05) is 23.5 Å². The van der Waals surface area contributed by atoms with Gasteiger partial charge in [0.25, 0.3) is 0 Å². The normalized spacial score (nSPS) is 27.1. The Labute approximate surface area is 106 Å². The van der Waals surface area contributed by atoms with Gasteiger partial charge in [0.05, 0.1) is 13.2 Å². The lowest BCUT2D eigenvalue weighted by atomic mass is 10.0. The summed E-state index contributed by atoms with van der Waals surface area (Å²) >= 11 is 1.99. The number of thioether (sulfide) groups is 1. The number of fused-ring (bicyclic) bond motifs is 1. The van der Waals surface area contributed by atoms with Crippen molar-refractivity contribution in [2.45, 2.75) is 17.7 Å². The first-order valence-electron chi connectivity index (χ1n) is 6.07. The first-order chi connectivity index (χ1) is 8.38. The highest BCUT2D eigenvalue weighted by atomic mass is 32.2. The minimum absolute atomic E-state index is 0.553. The zero-order valence-electron chi connectivity index (χ0n) is 9.94. The first kappa shape index (κ1) is 11.2. The molecule has 0 aromatic heterocycles. The number of benzene rings is 1. The fraction of sp³-hybridized carbons (Fsp3) is 0.538. The van der Waals surface area contributed by atoms with Crippen LogP contribution in [0.5, 0.6) is 11.5 Å². The van der Waals surface area contributed by atoms with E-state index < -0.39 is 0 Å². The molecule has 0 spiro atoms. The molecule has 1 aromatic carbocycles. The Morgan fingerprint density at radius 3 is 2.76 bits per heavy atom. The van der Waals surface area contributed by atoms with Gasteiger partial charge in [-0.25, -0.2) is 0 Å². The molecule has 2 aliphatic rings. The molecule has 92 valence electrons. The number of rotatable bonds is 2. The smallest absolute Gasteiger partial charge is 0.161 e. The van der Waals surface area contributed by atoms with Crippen LogP contribution in [0.3, 0.4) is 0 Å². The van der Waals surface area contributed by atoms with E-state index in [0.717, 1.165) is 31.1 Å². The molecule has 2 aliphatic heterocycles. The van der Waals surface area contributed by atoms with Crippen LogP contribution in [0, 0.1) is 0 Å². The Morgan fingerprint density at radius 1 is 1.24 bits per heavy atom. The summed E-state index contributed by atoms with van der Waals surface area (Å²) in [7, 11) is 2.03. The fourth-order valence-electron chi connectivity index (χ4n) is 2.21. The first-order valence-corrected chi connectivity index (χ1v) is 7.12.